The van der Waals surface area contributed by atoms with Gasteiger partial charge in [0, 0.05) is 22.9 Å². The number of benzene rings is 8. The van der Waals surface area contributed by atoms with Crippen LogP contribution in [-0.4, -0.2) is 19.6 Å². The van der Waals surface area contributed by atoms with Crippen LogP contribution in [0.1, 0.15) is 52.7 Å². The smallest absolute Gasteiger partial charge is 0.149 e. The summed E-state index contributed by atoms with van der Waals surface area (Å²) in [6.07, 6.45) is 1.91. The van der Waals surface area contributed by atoms with Gasteiger partial charge in [0.15, 0.2) is 0 Å². The molecule has 4 heteroatoms. The lowest BCUT2D eigenvalue weighted by molar-refractivity contribution is 0.475. The topological polar surface area (TPSA) is 50.9 Å². The quantitative estimate of drug-likeness (QED) is 0.166. The fourth-order valence-corrected chi connectivity index (χ4v) is 8.97. The fraction of sp³-hybridized carbons (Fsp3) is 0.129. The molecule has 66 heavy (non-hydrogen) atoms. The Kier molecular flexibility index (Phi) is 10.8. The van der Waals surface area contributed by atoms with Crippen LogP contribution in [0.15, 0.2) is 206 Å². The highest BCUT2D eigenvalue weighted by Crippen LogP contribution is 2.43. The van der Waals surface area contributed by atoms with Gasteiger partial charge in [-0.1, -0.05) is 181 Å². The Morgan fingerprint density at radius 2 is 0.924 bits per heavy atom. The molecule has 0 bridgehead atoms. The molecule has 0 fully saturated rings. The standard InChI is InChI=1S/C62H53N3O/c1-61(2,3)50-29-31-56(53(39-50)45-21-14-9-15-22-45)65-57-24-16-23-52(59(57)64-60(65)54-40-51(62(4,5)6)30-32-58(54)66)48-35-47(42-19-12-8-13-20-42)36-49(37-48)55-38-46(33-34-63-55)44-27-25-43(26-28-44)41-17-10-7-11-18-41/h7-40,66H,1-6H3. The van der Waals surface area contributed by atoms with Gasteiger partial charge in [0.05, 0.1) is 28.0 Å². The molecule has 0 aliphatic carbocycles. The largest absolute Gasteiger partial charge is 0.507 e. The molecule has 10 aromatic rings. The molecule has 10 rings (SSSR count). The van der Waals surface area contributed by atoms with Crippen LogP contribution in [0.5, 0.6) is 5.75 Å². The average Bonchev–Trinajstić information content (AvgIpc) is 3.73. The second kappa shape index (κ2) is 17.0. The number of nitrogens with zero attached hydrogens (tertiary/aromatic N) is 3. The molecule has 0 radical (unpaired) electrons. The molecular formula is C62H53N3O. The van der Waals surface area contributed by atoms with E-state index in [0.29, 0.717) is 11.4 Å². The van der Waals surface area contributed by atoms with Crippen molar-refractivity contribution in [2.24, 2.45) is 0 Å². The SMILES string of the molecule is CC(C)(C)c1ccc(O)c(-c2nc3c(-c4cc(-c5ccccc5)cc(-c5cc(-c6ccc(-c7ccccc7)cc6)ccn5)c4)cccc3n2-c2ccc(C(C)(C)C)cc2-c2ccccc2)c1. The minimum absolute atomic E-state index is 0.0722. The number of phenolic OH excluding ortho intramolecular Hbond substituents is 1. The monoisotopic (exact) mass is 855 g/mol. The van der Waals surface area contributed by atoms with Crippen molar-refractivity contribution in [2.75, 3.05) is 0 Å². The predicted molar refractivity (Wildman–Crippen MR) is 276 cm³/mol. The highest BCUT2D eigenvalue weighted by Gasteiger charge is 2.26. The zero-order valence-corrected chi connectivity index (χ0v) is 38.4. The van der Waals surface area contributed by atoms with Crippen LogP contribution < -0.4 is 0 Å². The molecule has 2 heterocycles. The summed E-state index contributed by atoms with van der Waals surface area (Å²) < 4.78 is 2.26. The Morgan fingerprint density at radius 1 is 0.394 bits per heavy atom. The summed E-state index contributed by atoms with van der Waals surface area (Å²) in [7, 11) is 0. The van der Waals surface area contributed by atoms with Crippen molar-refractivity contribution in [3.63, 3.8) is 0 Å². The molecule has 8 aromatic carbocycles. The number of hydrogen-bond donors (Lipinski definition) is 1. The second-order valence-corrected chi connectivity index (χ2v) is 19.3. The summed E-state index contributed by atoms with van der Waals surface area (Å²) in [5, 5.41) is 11.8. The molecule has 0 atom stereocenters. The van der Waals surface area contributed by atoms with E-state index in [2.05, 4.69) is 228 Å². The lowest BCUT2D eigenvalue weighted by Gasteiger charge is -2.23. The van der Waals surface area contributed by atoms with Crippen LogP contribution in [0.25, 0.3) is 95.0 Å². The minimum Gasteiger partial charge on any atom is -0.507 e. The van der Waals surface area contributed by atoms with Gasteiger partial charge >= 0.3 is 0 Å². The maximum atomic E-state index is 11.8. The van der Waals surface area contributed by atoms with Gasteiger partial charge < -0.3 is 5.11 Å². The van der Waals surface area contributed by atoms with Crippen molar-refractivity contribution in [3.8, 4) is 89.7 Å². The number of rotatable bonds is 8. The van der Waals surface area contributed by atoms with Crippen molar-refractivity contribution >= 4 is 11.0 Å². The third kappa shape index (κ3) is 8.23. The van der Waals surface area contributed by atoms with Crippen LogP contribution in [0.3, 0.4) is 0 Å². The third-order valence-corrected chi connectivity index (χ3v) is 12.7. The zero-order chi connectivity index (χ0) is 45.6. The predicted octanol–water partition coefficient (Wildman–Crippen LogP) is 16.4. The van der Waals surface area contributed by atoms with Crippen LogP contribution in [0, 0.1) is 0 Å². The first-order valence-electron chi connectivity index (χ1n) is 22.8. The molecule has 0 unspecified atom stereocenters. The number of aromatic nitrogens is 3. The number of imidazole rings is 1. The molecule has 0 saturated carbocycles. The highest BCUT2D eigenvalue weighted by atomic mass is 16.3. The first-order chi connectivity index (χ1) is 31.9. The van der Waals surface area contributed by atoms with E-state index in [1.807, 2.05) is 24.4 Å². The van der Waals surface area contributed by atoms with Gasteiger partial charge in [-0.3, -0.25) is 9.55 Å². The van der Waals surface area contributed by atoms with Crippen molar-refractivity contribution in [2.45, 2.75) is 52.4 Å². The molecule has 2 aromatic heterocycles. The van der Waals surface area contributed by atoms with Crippen molar-refractivity contribution in [1.29, 1.82) is 0 Å². The van der Waals surface area contributed by atoms with E-state index in [1.165, 1.54) is 16.7 Å². The number of phenols is 1. The minimum atomic E-state index is -0.154. The molecule has 4 nitrogen and oxygen atoms in total. The molecule has 322 valence electrons. The van der Waals surface area contributed by atoms with Gasteiger partial charge in [-0.25, -0.2) is 4.98 Å². The normalized spacial score (nSPS) is 11.8. The van der Waals surface area contributed by atoms with Gasteiger partial charge in [-0.15, -0.1) is 0 Å². The molecule has 0 spiro atoms. The summed E-state index contributed by atoms with van der Waals surface area (Å²) in [5.41, 5.74) is 18.5. The molecular weight excluding hydrogens is 803 g/mol. The molecule has 0 aliphatic heterocycles. The molecule has 0 aliphatic rings. The Balaban J connectivity index is 1.19. The summed E-state index contributed by atoms with van der Waals surface area (Å²) in [6.45, 7) is 13.4. The van der Waals surface area contributed by atoms with Crippen molar-refractivity contribution in [1.82, 2.24) is 14.5 Å². The van der Waals surface area contributed by atoms with Crippen LogP contribution >= 0.6 is 0 Å². The highest BCUT2D eigenvalue weighted by molar-refractivity contribution is 5.98. The number of fused-ring (bicyclic) bond motifs is 1. The first kappa shape index (κ1) is 42.1. The van der Waals surface area contributed by atoms with E-state index in [-0.39, 0.29) is 16.6 Å². The Morgan fingerprint density at radius 3 is 1.56 bits per heavy atom. The third-order valence-electron chi connectivity index (χ3n) is 12.7. The number of para-hydroxylation sites is 1. The van der Waals surface area contributed by atoms with E-state index in [4.69, 9.17) is 9.97 Å². The fourth-order valence-electron chi connectivity index (χ4n) is 8.97. The van der Waals surface area contributed by atoms with Gasteiger partial charge in [0.1, 0.15) is 11.6 Å². The van der Waals surface area contributed by atoms with Crippen LogP contribution in [-0.2, 0) is 10.8 Å². The van der Waals surface area contributed by atoms with Gasteiger partial charge in [-0.2, -0.15) is 0 Å². The summed E-state index contributed by atoms with van der Waals surface area (Å²) in [6, 6.07) is 70.6. The summed E-state index contributed by atoms with van der Waals surface area (Å²) in [4.78, 5) is 10.6. The second-order valence-electron chi connectivity index (χ2n) is 19.3. The maximum Gasteiger partial charge on any atom is 0.149 e. The lowest BCUT2D eigenvalue weighted by Crippen LogP contribution is -2.12. The Bertz CT molecular complexity index is 3350. The van der Waals surface area contributed by atoms with E-state index in [0.717, 1.165) is 78.0 Å². The average molecular weight is 856 g/mol. The molecule has 0 amide bonds. The maximum absolute atomic E-state index is 11.8. The van der Waals surface area contributed by atoms with Gasteiger partial charge in [-0.05, 0) is 127 Å². The first-order valence-corrected chi connectivity index (χ1v) is 22.8. The molecule has 1 N–H and O–H groups in total. The summed E-state index contributed by atoms with van der Waals surface area (Å²) >= 11 is 0. The Hall–Kier alpha value is -7.82. The lowest BCUT2D eigenvalue weighted by atomic mass is 9.84. The summed E-state index contributed by atoms with van der Waals surface area (Å²) in [5.74, 6) is 0.858. The Labute approximate surface area is 388 Å². The van der Waals surface area contributed by atoms with Gasteiger partial charge in [0.2, 0.25) is 0 Å². The van der Waals surface area contributed by atoms with E-state index >= 15 is 0 Å². The van der Waals surface area contributed by atoms with Gasteiger partial charge in [0.25, 0.3) is 0 Å². The number of aromatic hydroxyl groups is 1. The number of pyridine rings is 1. The van der Waals surface area contributed by atoms with E-state index in [9.17, 15) is 5.11 Å². The van der Waals surface area contributed by atoms with Crippen LogP contribution in [0.2, 0.25) is 0 Å². The van der Waals surface area contributed by atoms with Crippen LogP contribution in [0.4, 0.5) is 0 Å². The van der Waals surface area contributed by atoms with Crippen molar-refractivity contribution < 1.29 is 5.11 Å². The van der Waals surface area contributed by atoms with Crippen molar-refractivity contribution in [3.05, 3.63) is 218 Å². The number of hydrogen-bond acceptors (Lipinski definition) is 3. The zero-order valence-electron chi connectivity index (χ0n) is 38.4. The van der Waals surface area contributed by atoms with E-state index in [1.54, 1.807) is 0 Å². The molecule has 0 saturated heterocycles. The van der Waals surface area contributed by atoms with E-state index < -0.39 is 0 Å².